The number of hydrogen-bond donors (Lipinski definition) is 0. The van der Waals surface area contributed by atoms with Gasteiger partial charge >= 0.3 is 6.09 Å². The molecule has 0 aromatic rings. The van der Waals surface area contributed by atoms with E-state index >= 15 is 0 Å². The Morgan fingerprint density at radius 1 is 1.33 bits per heavy atom. The van der Waals surface area contributed by atoms with Crippen LogP contribution in [0.3, 0.4) is 0 Å². The van der Waals surface area contributed by atoms with E-state index in [1.54, 1.807) is 4.90 Å². The maximum atomic E-state index is 11.8. The molecule has 1 aliphatic rings. The van der Waals surface area contributed by atoms with E-state index in [0.717, 1.165) is 32.1 Å². The van der Waals surface area contributed by atoms with E-state index in [1.165, 1.54) is 0 Å². The molecule has 1 atom stereocenters. The molecule has 18 heavy (non-hydrogen) atoms. The molecule has 1 heterocycles. The first kappa shape index (κ1) is 15.5. The summed E-state index contributed by atoms with van der Waals surface area (Å²) in [4.78, 5) is 25.1. The Labute approximate surface area is 117 Å². The lowest BCUT2D eigenvalue weighted by atomic mass is 9.97. The van der Waals surface area contributed by atoms with E-state index in [-0.39, 0.29) is 17.8 Å². The summed E-state index contributed by atoms with van der Waals surface area (Å²) in [5.41, 5.74) is 0. The molecular weight excluding hydrogens is 298 g/mol. The zero-order chi connectivity index (χ0) is 13.4. The van der Waals surface area contributed by atoms with Crippen molar-refractivity contribution in [3.8, 4) is 0 Å². The summed E-state index contributed by atoms with van der Waals surface area (Å²) in [5.74, 6) is 0.342. The number of Topliss-reactive ketones (excluding diaryl/α,β-unsaturated/α-hetero) is 1. The molecule has 1 amide bonds. The van der Waals surface area contributed by atoms with E-state index in [4.69, 9.17) is 4.74 Å². The number of amides is 1. The van der Waals surface area contributed by atoms with Crippen molar-refractivity contribution in [1.82, 2.24) is 4.90 Å². The second-order valence-corrected chi connectivity index (χ2v) is 5.24. The largest absolute Gasteiger partial charge is 0.449 e. The van der Waals surface area contributed by atoms with Crippen LogP contribution in [0.25, 0.3) is 0 Å². The van der Waals surface area contributed by atoms with E-state index in [0.29, 0.717) is 25.0 Å². The average molecular weight is 320 g/mol. The van der Waals surface area contributed by atoms with Gasteiger partial charge in [0.25, 0.3) is 0 Å². The van der Waals surface area contributed by atoms with Crippen molar-refractivity contribution in [2.24, 2.45) is 5.92 Å². The number of halogens is 1. The third-order valence-corrected chi connectivity index (χ3v) is 3.85. The van der Waals surface area contributed by atoms with Gasteiger partial charge in [0.1, 0.15) is 5.78 Å². The van der Waals surface area contributed by atoms with Crippen molar-refractivity contribution in [3.63, 3.8) is 0 Å². The third kappa shape index (κ3) is 4.96. The minimum absolute atomic E-state index is 0.0952. The number of carbonyl (C=O) groups is 2. The summed E-state index contributed by atoms with van der Waals surface area (Å²) in [6.45, 7) is 3.90. The fourth-order valence-electron chi connectivity index (χ4n) is 2.11. The molecule has 0 radical (unpaired) electrons. The maximum absolute atomic E-state index is 11.8. The van der Waals surface area contributed by atoms with Crippen molar-refractivity contribution >= 4 is 27.8 Å². The minimum Gasteiger partial charge on any atom is -0.449 e. The monoisotopic (exact) mass is 319 g/mol. The van der Waals surface area contributed by atoms with Crippen LogP contribution in [0.2, 0.25) is 0 Å². The lowest BCUT2D eigenvalue weighted by Crippen LogP contribution is -2.33. The lowest BCUT2D eigenvalue weighted by molar-refractivity contribution is -0.120. The molecule has 1 fully saturated rings. The quantitative estimate of drug-likeness (QED) is 0.578. The number of ether oxygens (including phenoxy) is 1. The Morgan fingerprint density at radius 2 is 2.11 bits per heavy atom. The Bertz CT molecular complexity index is 283. The zero-order valence-corrected chi connectivity index (χ0v) is 12.6. The Kier molecular flexibility index (Phi) is 7.32. The molecule has 0 aliphatic carbocycles. The van der Waals surface area contributed by atoms with Gasteiger partial charge in [-0.3, -0.25) is 4.79 Å². The van der Waals surface area contributed by atoms with E-state index < -0.39 is 0 Å². The SMILES string of the molecule is CCCCOC(=O)N1CCCC(C(=O)CBr)CC1. The van der Waals surface area contributed by atoms with Crippen molar-refractivity contribution in [1.29, 1.82) is 0 Å². The van der Waals surface area contributed by atoms with Gasteiger partial charge in [0.15, 0.2) is 0 Å². The molecule has 1 unspecified atom stereocenters. The molecule has 0 aromatic heterocycles. The second kappa shape index (κ2) is 8.51. The van der Waals surface area contributed by atoms with Crippen molar-refractivity contribution in [3.05, 3.63) is 0 Å². The summed E-state index contributed by atoms with van der Waals surface area (Å²) in [5, 5.41) is 0.415. The van der Waals surface area contributed by atoms with Gasteiger partial charge < -0.3 is 9.64 Å². The molecule has 0 aromatic carbocycles. The number of likely N-dealkylation sites (tertiary alicyclic amines) is 1. The predicted octanol–water partition coefficient (Wildman–Crippen LogP) is 2.99. The van der Waals surface area contributed by atoms with Gasteiger partial charge in [-0.1, -0.05) is 29.3 Å². The fraction of sp³-hybridized carbons (Fsp3) is 0.846. The van der Waals surface area contributed by atoms with E-state index in [9.17, 15) is 9.59 Å². The molecular formula is C13H22BrNO3. The summed E-state index contributed by atoms with van der Waals surface area (Å²) < 4.78 is 5.19. The van der Waals surface area contributed by atoms with Crippen LogP contribution < -0.4 is 0 Å². The second-order valence-electron chi connectivity index (χ2n) is 4.68. The Hall–Kier alpha value is -0.580. The van der Waals surface area contributed by atoms with Gasteiger partial charge in [0, 0.05) is 19.0 Å². The minimum atomic E-state index is -0.226. The number of ketones is 1. The first-order valence-corrected chi connectivity index (χ1v) is 7.81. The number of rotatable bonds is 5. The zero-order valence-electron chi connectivity index (χ0n) is 11.0. The highest BCUT2D eigenvalue weighted by Gasteiger charge is 2.24. The number of unbranched alkanes of at least 4 members (excludes halogenated alkanes) is 1. The molecule has 1 rings (SSSR count). The summed E-state index contributed by atoms with van der Waals surface area (Å²) in [6, 6.07) is 0. The standard InChI is InChI=1S/C13H22BrNO3/c1-2-3-9-18-13(17)15-7-4-5-11(6-8-15)12(16)10-14/h11H,2-10H2,1H3. The summed E-state index contributed by atoms with van der Waals surface area (Å²) in [6.07, 6.45) is 4.22. The predicted molar refractivity (Wildman–Crippen MR) is 74.0 cm³/mol. The molecule has 0 spiro atoms. The Morgan fingerprint density at radius 3 is 2.78 bits per heavy atom. The van der Waals surface area contributed by atoms with E-state index in [1.807, 2.05) is 0 Å². The first-order valence-electron chi connectivity index (χ1n) is 6.69. The maximum Gasteiger partial charge on any atom is 0.409 e. The van der Waals surface area contributed by atoms with Crippen LogP contribution in [-0.4, -0.2) is 41.8 Å². The Balaban J connectivity index is 2.36. The number of hydrogen-bond acceptors (Lipinski definition) is 3. The van der Waals surface area contributed by atoms with Gasteiger partial charge in [-0.05, 0) is 25.7 Å². The van der Waals surface area contributed by atoms with Crippen molar-refractivity contribution in [2.75, 3.05) is 25.0 Å². The molecule has 1 saturated heterocycles. The van der Waals surface area contributed by atoms with Gasteiger partial charge in [-0.15, -0.1) is 0 Å². The van der Waals surface area contributed by atoms with Crippen LogP contribution in [0.15, 0.2) is 0 Å². The van der Waals surface area contributed by atoms with Crippen LogP contribution in [0.5, 0.6) is 0 Å². The number of carbonyl (C=O) groups excluding carboxylic acids is 2. The molecule has 0 bridgehead atoms. The smallest absolute Gasteiger partial charge is 0.409 e. The fourth-order valence-corrected chi connectivity index (χ4v) is 2.56. The van der Waals surface area contributed by atoms with Gasteiger partial charge in [0.2, 0.25) is 0 Å². The molecule has 104 valence electrons. The van der Waals surface area contributed by atoms with Crippen LogP contribution >= 0.6 is 15.9 Å². The third-order valence-electron chi connectivity index (χ3n) is 3.30. The van der Waals surface area contributed by atoms with Crippen molar-refractivity contribution < 1.29 is 14.3 Å². The van der Waals surface area contributed by atoms with Crippen LogP contribution in [0, 0.1) is 5.92 Å². The normalized spacial score (nSPS) is 20.3. The highest BCUT2D eigenvalue weighted by atomic mass is 79.9. The molecule has 5 heteroatoms. The van der Waals surface area contributed by atoms with Gasteiger partial charge in [0.05, 0.1) is 11.9 Å². The molecule has 0 N–H and O–H groups in total. The van der Waals surface area contributed by atoms with Crippen LogP contribution in [0.1, 0.15) is 39.0 Å². The topological polar surface area (TPSA) is 46.6 Å². The van der Waals surface area contributed by atoms with E-state index in [2.05, 4.69) is 22.9 Å². The highest BCUT2D eigenvalue weighted by Crippen LogP contribution is 2.19. The summed E-state index contributed by atoms with van der Waals surface area (Å²) in [7, 11) is 0. The lowest BCUT2D eigenvalue weighted by Gasteiger charge is -2.19. The molecule has 4 nitrogen and oxygen atoms in total. The molecule has 1 aliphatic heterocycles. The van der Waals surface area contributed by atoms with Crippen LogP contribution in [0.4, 0.5) is 4.79 Å². The summed E-state index contributed by atoms with van der Waals surface area (Å²) >= 11 is 3.21. The highest BCUT2D eigenvalue weighted by molar-refractivity contribution is 9.09. The van der Waals surface area contributed by atoms with Gasteiger partial charge in [-0.25, -0.2) is 4.79 Å². The molecule has 0 saturated carbocycles. The van der Waals surface area contributed by atoms with Gasteiger partial charge in [-0.2, -0.15) is 0 Å². The first-order chi connectivity index (χ1) is 8.69. The number of alkyl halides is 1. The van der Waals surface area contributed by atoms with Crippen molar-refractivity contribution in [2.45, 2.75) is 39.0 Å². The average Bonchev–Trinajstić information content (AvgIpc) is 2.63. The van der Waals surface area contributed by atoms with Crippen LogP contribution in [-0.2, 0) is 9.53 Å². The number of nitrogens with zero attached hydrogens (tertiary/aromatic N) is 1.